The Bertz CT molecular complexity index is 583. The van der Waals surface area contributed by atoms with E-state index in [0.29, 0.717) is 0 Å². The molecule has 6 heteroatoms. The predicted molar refractivity (Wildman–Crippen MR) is 80.9 cm³/mol. The van der Waals surface area contributed by atoms with Crippen LogP contribution in [0, 0.1) is 10.1 Å². The summed E-state index contributed by atoms with van der Waals surface area (Å²) < 4.78 is 0. The average Bonchev–Trinajstić information content (AvgIpc) is 3.01. The zero-order valence-electron chi connectivity index (χ0n) is 12.2. The van der Waals surface area contributed by atoms with Crippen molar-refractivity contribution in [3.63, 3.8) is 0 Å². The van der Waals surface area contributed by atoms with Crippen molar-refractivity contribution in [1.82, 2.24) is 15.5 Å². The first-order valence-electron chi connectivity index (χ1n) is 7.11. The molecular weight excluding hydrogens is 268 g/mol. The van der Waals surface area contributed by atoms with Crippen molar-refractivity contribution in [3.8, 4) is 0 Å². The number of nitrogens with one attached hydrogen (secondary N) is 2. The molecule has 2 rings (SSSR count). The third-order valence-corrected chi connectivity index (χ3v) is 3.53. The van der Waals surface area contributed by atoms with Gasteiger partial charge in [0.1, 0.15) is 0 Å². The summed E-state index contributed by atoms with van der Waals surface area (Å²) in [4.78, 5) is 10.6. The van der Waals surface area contributed by atoms with Crippen LogP contribution >= 0.6 is 0 Å². The van der Waals surface area contributed by atoms with Gasteiger partial charge in [0.2, 0.25) is 0 Å². The van der Waals surface area contributed by atoms with Gasteiger partial charge >= 0.3 is 0 Å². The van der Waals surface area contributed by atoms with Gasteiger partial charge in [-0.25, -0.2) is 0 Å². The van der Waals surface area contributed by atoms with Gasteiger partial charge in [-0.3, -0.25) is 15.2 Å². The smallest absolute Gasteiger partial charge is 0.269 e. The maximum atomic E-state index is 10.9. The molecular formula is C15H20N4O2. The van der Waals surface area contributed by atoms with Crippen molar-refractivity contribution in [2.45, 2.75) is 38.8 Å². The van der Waals surface area contributed by atoms with E-state index in [9.17, 15) is 10.1 Å². The molecule has 1 aromatic heterocycles. The average molecular weight is 288 g/mol. The Morgan fingerprint density at radius 1 is 1.43 bits per heavy atom. The number of nitro groups is 1. The standard InChI is InChI=1S/C15H20N4O2/c1-3-5-15(18-11(2)13-9-16-17-10-13)12-6-4-7-14(8-12)19(20)21/h4,6-11,15,18H,3,5H2,1-2H3,(H,16,17). The van der Waals surface area contributed by atoms with E-state index >= 15 is 0 Å². The summed E-state index contributed by atoms with van der Waals surface area (Å²) >= 11 is 0. The minimum atomic E-state index is -0.355. The van der Waals surface area contributed by atoms with E-state index in [1.165, 1.54) is 6.07 Å². The largest absolute Gasteiger partial charge is 0.303 e. The molecule has 0 saturated carbocycles. The highest BCUT2D eigenvalue weighted by atomic mass is 16.6. The molecule has 0 aliphatic heterocycles. The molecule has 2 unspecified atom stereocenters. The first-order valence-corrected chi connectivity index (χ1v) is 7.11. The number of aromatic nitrogens is 2. The monoisotopic (exact) mass is 288 g/mol. The first-order chi connectivity index (χ1) is 10.1. The summed E-state index contributed by atoms with van der Waals surface area (Å²) in [7, 11) is 0. The maximum Gasteiger partial charge on any atom is 0.269 e. The Morgan fingerprint density at radius 2 is 2.24 bits per heavy atom. The van der Waals surface area contributed by atoms with Crippen molar-refractivity contribution in [3.05, 3.63) is 57.9 Å². The minimum absolute atomic E-state index is 0.0831. The third kappa shape index (κ3) is 3.88. The number of rotatable bonds is 7. The summed E-state index contributed by atoms with van der Waals surface area (Å²) in [6, 6.07) is 7.05. The molecule has 0 bridgehead atoms. The number of hydrogen-bond donors (Lipinski definition) is 2. The summed E-state index contributed by atoms with van der Waals surface area (Å²) in [5.74, 6) is 0. The number of nitro benzene ring substituents is 1. The van der Waals surface area contributed by atoms with Gasteiger partial charge in [-0.1, -0.05) is 25.5 Å². The van der Waals surface area contributed by atoms with Crippen LogP contribution in [0.1, 0.15) is 49.9 Å². The maximum absolute atomic E-state index is 10.9. The molecule has 0 radical (unpaired) electrons. The lowest BCUT2D eigenvalue weighted by atomic mass is 10.00. The highest BCUT2D eigenvalue weighted by Gasteiger charge is 2.17. The Balaban J connectivity index is 2.18. The Morgan fingerprint density at radius 3 is 2.86 bits per heavy atom. The summed E-state index contributed by atoms with van der Waals surface area (Å²) in [5, 5.41) is 21.2. The van der Waals surface area contributed by atoms with Crippen LogP contribution in [-0.4, -0.2) is 15.1 Å². The van der Waals surface area contributed by atoms with Crippen molar-refractivity contribution >= 4 is 5.69 Å². The molecule has 2 aromatic rings. The molecule has 0 spiro atoms. The van der Waals surface area contributed by atoms with Gasteiger partial charge < -0.3 is 5.32 Å². The van der Waals surface area contributed by atoms with Crippen LogP contribution in [0.5, 0.6) is 0 Å². The van der Waals surface area contributed by atoms with E-state index in [-0.39, 0.29) is 22.7 Å². The van der Waals surface area contributed by atoms with Gasteiger partial charge in [0.05, 0.1) is 11.1 Å². The fourth-order valence-corrected chi connectivity index (χ4v) is 2.39. The predicted octanol–water partition coefficient (Wildman–Crippen LogP) is 3.51. The van der Waals surface area contributed by atoms with Crippen LogP contribution in [0.2, 0.25) is 0 Å². The molecule has 21 heavy (non-hydrogen) atoms. The normalized spacial score (nSPS) is 13.8. The lowest BCUT2D eigenvalue weighted by molar-refractivity contribution is -0.384. The number of hydrogen-bond acceptors (Lipinski definition) is 4. The lowest BCUT2D eigenvalue weighted by Crippen LogP contribution is -2.24. The minimum Gasteiger partial charge on any atom is -0.303 e. The molecule has 6 nitrogen and oxygen atoms in total. The second-order valence-electron chi connectivity index (χ2n) is 5.11. The van der Waals surface area contributed by atoms with Crippen molar-refractivity contribution in [1.29, 1.82) is 0 Å². The Kier molecular flexibility index (Phi) is 5.05. The van der Waals surface area contributed by atoms with E-state index in [4.69, 9.17) is 0 Å². The number of non-ortho nitro benzene ring substituents is 1. The summed E-state index contributed by atoms with van der Waals surface area (Å²) in [6.45, 7) is 4.17. The van der Waals surface area contributed by atoms with Crippen LogP contribution in [0.4, 0.5) is 5.69 Å². The molecule has 2 atom stereocenters. The van der Waals surface area contributed by atoms with Gasteiger partial charge in [0.15, 0.2) is 0 Å². The first kappa shape index (κ1) is 15.2. The van der Waals surface area contributed by atoms with Crippen LogP contribution in [-0.2, 0) is 0 Å². The fraction of sp³-hybridized carbons (Fsp3) is 0.400. The lowest BCUT2D eigenvalue weighted by Gasteiger charge is -2.23. The molecule has 0 amide bonds. The second-order valence-corrected chi connectivity index (χ2v) is 5.11. The van der Waals surface area contributed by atoms with E-state index in [0.717, 1.165) is 24.0 Å². The summed E-state index contributed by atoms with van der Waals surface area (Å²) in [6.07, 6.45) is 5.56. The fourth-order valence-electron chi connectivity index (χ4n) is 2.39. The molecule has 0 saturated heterocycles. The van der Waals surface area contributed by atoms with Crippen LogP contribution in [0.25, 0.3) is 0 Å². The van der Waals surface area contributed by atoms with Gasteiger partial charge in [-0.2, -0.15) is 5.10 Å². The number of benzene rings is 1. The molecule has 112 valence electrons. The zero-order chi connectivity index (χ0) is 15.2. The Labute approximate surface area is 123 Å². The van der Waals surface area contributed by atoms with Gasteiger partial charge in [-0.05, 0) is 18.9 Å². The number of H-pyrrole nitrogens is 1. The third-order valence-electron chi connectivity index (χ3n) is 3.53. The molecule has 1 heterocycles. The van der Waals surface area contributed by atoms with E-state index in [1.807, 2.05) is 12.3 Å². The van der Waals surface area contributed by atoms with Crippen LogP contribution in [0.15, 0.2) is 36.7 Å². The van der Waals surface area contributed by atoms with Gasteiger partial charge in [0, 0.05) is 36.0 Å². The topological polar surface area (TPSA) is 83.8 Å². The molecule has 0 fully saturated rings. The van der Waals surface area contributed by atoms with Crippen LogP contribution < -0.4 is 5.32 Å². The molecule has 0 aliphatic rings. The molecule has 2 N–H and O–H groups in total. The highest BCUT2D eigenvalue weighted by Crippen LogP contribution is 2.25. The van der Waals surface area contributed by atoms with Crippen LogP contribution in [0.3, 0.4) is 0 Å². The van der Waals surface area contributed by atoms with E-state index < -0.39 is 0 Å². The quantitative estimate of drug-likeness (QED) is 0.603. The van der Waals surface area contributed by atoms with Gasteiger partial charge in [0.25, 0.3) is 5.69 Å². The second kappa shape index (κ2) is 6.99. The van der Waals surface area contributed by atoms with E-state index in [1.54, 1.807) is 18.3 Å². The Hall–Kier alpha value is -2.21. The van der Waals surface area contributed by atoms with Crippen molar-refractivity contribution in [2.24, 2.45) is 0 Å². The SMILES string of the molecule is CCCC(NC(C)c1cn[nH]c1)c1cccc([N+](=O)[O-])c1. The molecule has 1 aromatic carbocycles. The number of nitrogens with zero attached hydrogens (tertiary/aromatic N) is 2. The van der Waals surface area contributed by atoms with Crippen molar-refractivity contribution < 1.29 is 4.92 Å². The van der Waals surface area contributed by atoms with Crippen molar-refractivity contribution in [2.75, 3.05) is 0 Å². The highest BCUT2D eigenvalue weighted by molar-refractivity contribution is 5.36. The molecule has 0 aliphatic carbocycles. The van der Waals surface area contributed by atoms with E-state index in [2.05, 4.69) is 29.4 Å². The summed E-state index contributed by atoms with van der Waals surface area (Å²) in [5.41, 5.74) is 2.15. The zero-order valence-corrected chi connectivity index (χ0v) is 12.2. The van der Waals surface area contributed by atoms with Gasteiger partial charge in [-0.15, -0.1) is 0 Å². The number of aromatic amines is 1.